The van der Waals surface area contributed by atoms with Crippen LogP contribution in [-0.2, 0) is 0 Å². The second-order valence-electron chi connectivity index (χ2n) is 8.59. The Bertz CT molecular complexity index is 314. The summed E-state index contributed by atoms with van der Waals surface area (Å²) in [5.41, 5.74) is 0.353. The van der Waals surface area contributed by atoms with Gasteiger partial charge in [-0.15, -0.1) is 0 Å². The van der Waals surface area contributed by atoms with E-state index in [0.717, 1.165) is 18.0 Å². The van der Waals surface area contributed by atoms with Gasteiger partial charge < -0.3 is 0 Å². The van der Waals surface area contributed by atoms with Crippen LogP contribution < -0.4 is 5.32 Å². The molecular weight excluding hydrogens is 244 g/mol. The fraction of sp³-hybridized carbons (Fsp3) is 1.00. The number of fused-ring (bicyclic) bond motifs is 1. The molecule has 3 rings (SSSR count). The van der Waals surface area contributed by atoms with Crippen molar-refractivity contribution >= 4 is 0 Å². The predicted molar refractivity (Wildman–Crippen MR) is 85.7 cm³/mol. The van der Waals surface area contributed by atoms with Crippen molar-refractivity contribution in [2.75, 3.05) is 6.54 Å². The first kappa shape index (κ1) is 14.8. The summed E-state index contributed by atoms with van der Waals surface area (Å²) < 4.78 is 0. The highest BCUT2D eigenvalue weighted by atomic mass is 15.4. The molecule has 3 unspecified atom stereocenters. The van der Waals surface area contributed by atoms with E-state index < -0.39 is 0 Å². The summed E-state index contributed by atoms with van der Waals surface area (Å²) in [4.78, 5) is 2.89. The lowest BCUT2D eigenvalue weighted by Crippen LogP contribution is -2.49. The van der Waals surface area contributed by atoms with Crippen LogP contribution in [0.3, 0.4) is 0 Å². The molecule has 0 aromatic heterocycles. The van der Waals surface area contributed by atoms with Crippen LogP contribution in [0.1, 0.15) is 78.6 Å². The molecule has 116 valence electrons. The number of hydrogen-bond donors (Lipinski definition) is 1. The van der Waals surface area contributed by atoms with Crippen molar-refractivity contribution in [1.82, 2.24) is 10.2 Å². The van der Waals surface area contributed by atoms with Gasteiger partial charge in [0.15, 0.2) is 0 Å². The first-order valence-corrected chi connectivity index (χ1v) is 9.07. The van der Waals surface area contributed by atoms with Crippen molar-refractivity contribution < 1.29 is 0 Å². The van der Waals surface area contributed by atoms with Crippen molar-refractivity contribution in [3.8, 4) is 0 Å². The lowest BCUT2D eigenvalue weighted by Gasteiger charge is -2.40. The van der Waals surface area contributed by atoms with Crippen LogP contribution in [0.5, 0.6) is 0 Å². The maximum atomic E-state index is 4.00. The number of nitrogens with zero attached hydrogens (tertiary/aromatic N) is 1. The van der Waals surface area contributed by atoms with Gasteiger partial charge in [-0.2, -0.15) is 0 Å². The van der Waals surface area contributed by atoms with Crippen LogP contribution in [0.15, 0.2) is 0 Å². The van der Waals surface area contributed by atoms with E-state index in [9.17, 15) is 0 Å². The van der Waals surface area contributed by atoms with E-state index in [1.165, 1.54) is 64.3 Å². The van der Waals surface area contributed by atoms with E-state index in [1.54, 1.807) is 0 Å². The third-order valence-electron chi connectivity index (χ3n) is 5.87. The summed E-state index contributed by atoms with van der Waals surface area (Å²) in [7, 11) is 0. The normalized spacial score (nSPS) is 37.0. The van der Waals surface area contributed by atoms with E-state index in [-0.39, 0.29) is 0 Å². The quantitative estimate of drug-likeness (QED) is 0.816. The highest BCUT2D eigenvalue weighted by molar-refractivity contribution is 5.01. The summed E-state index contributed by atoms with van der Waals surface area (Å²) in [5, 5.41) is 4.00. The lowest BCUT2D eigenvalue weighted by atomic mass is 9.85. The van der Waals surface area contributed by atoms with Crippen molar-refractivity contribution in [3.05, 3.63) is 0 Å². The summed E-state index contributed by atoms with van der Waals surface area (Å²) in [6.45, 7) is 8.59. The smallest absolute Gasteiger partial charge is 0.0652 e. The molecule has 2 nitrogen and oxygen atoms in total. The molecule has 3 fully saturated rings. The number of hydrogen-bond acceptors (Lipinski definition) is 2. The van der Waals surface area contributed by atoms with Gasteiger partial charge in [0.2, 0.25) is 0 Å². The zero-order chi connectivity index (χ0) is 14.2. The van der Waals surface area contributed by atoms with Crippen LogP contribution in [0.25, 0.3) is 0 Å². The standard InChI is InChI=1S/C18H34N2/c1-18(2,3)17-19-15-11-7-8-12-16(15)20(17)13-14-9-5-4-6-10-14/h14-17,19H,4-13H2,1-3H3. The molecule has 1 N–H and O–H groups in total. The molecule has 2 aliphatic carbocycles. The molecule has 1 heterocycles. The average Bonchev–Trinajstić information content (AvgIpc) is 2.79. The van der Waals surface area contributed by atoms with Gasteiger partial charge in [-0.05, 0) is 37.0 Å². The Hall–Kier alpha value is -0.0800. The van der Waals surface area contributed by atoms with Gasteiger partial charge >= 0.3 is 0 Å². The number of nitrogens with one attached hydrogen (secondary N) is 1. The molecule has 0 spiro atoms. The predicted octanol–water partition coefficient (Wildman–Crippen LogP) is 4.16. The maximum Gasteiger partial charge on any atom is 0.0652 e. The van der Waals surface area contributed by atoms with E-state index in [1.807, 2.05) is 0 Å². The SMILES string of the molecule is CC(C)(C)C1NC2CCCCC2N1CC1CCCCC1. The minimum atomic E-state index is 0.353. The second-order valence-corrected chi connectivity index (χ2v) is 8.59. The Kier molecular flexibility index (Phi) is 4.42. The fourth-order valence-electron chi connectivity index (χ4n) is 4.85. The van der Waals surface area contributed by atoms with Crippen LogP contribution in [-0.4, -0.2) is 29.7 Å². The maximum absolute atomic E-state index is 4.00. The van der Waals surface area contributed by atoms with Gasteiger partial charge in [0.25, 0.3) is 0 Å². The van der Waals surface area contributed by atoms with Gasteiger partial charge in [-0.25, -0.2) is 0 Å². The van der Waals surface area contributed by atoms with Gasteiger partial charge in [0, 0.05) is 18.6 Å². The molecule has 3 atom stereocenters. The van der Waals surface area contributed by atoms with Gasteiger partial charge in [0.05, 0.1) is 6.17 Å². The molecule has 3 aliphatic rings. The summed E-state index contributed by atoms with van der Waals surface area (Å²) >= 11 is 0. The average molecular weight is 278 g/mol. The van der Waals surface area contributed by atoms with Crippen molar-refractivity contribution in [2.24, 2.45) is 11.3 Å². The summed E-state index contributed by atoms with van der Waals surface area (Å²) in [5.74, 6) is 0.969. The van der Waals surface area contributed by atoms with E-state index in [0.29, 0.717) is 11.6 Å². The Morgan fingerprint density at radius 1 is 0.900 bits per heavy atom. The van der Waals surface area contributed by atoms with Crippen LogP contribution >= 0.6 is 0 Å². The minimum Gasteiger partial charge on any atom is -0.297 e. The monoisotopic (exact) mass is 278 g/mol. The van der Waals surface area contributed by atoms with E-state index >= 15 is 0 Å². The molecule has 1 saturated heterocycles. The van der Waals surface area contributed by atoms with Crippen molar-refractivity contribution in [1.29, 1.82) is 0 Å². The molecule has 0 aromatic carbocycles. The molecular formula is C18H34N2. The molecule has 0 radical (unpaired) electrons. The third-order valence-corrected chi connectivity index (χ3v) is 5.87. The zero-order valence-corrected chi connectivity index (χ0v) is 13.8. The van der Waals surface area contributed by atoms with Gasteiger partial charge in [-0.3, -0.25) is 10.2 Å². The molecule has 1 aliphatic heterocycles. The Balaban J connectivity index is 1.72. The lowest BCUT2D eigenvalue weighted by molar-refractivity contribution is 0.0672. The van der Waals surface area contributed by atoms with Gasteiger partial charge in [-0.1, -0.05) is 52.9 Å². The van der Waals surface area contributed by atoms with Crippen molar-refractivity contribution in [2.45, 2.75) is 96.8 Å². The Morgan fingerprint density at radius 2 is 1.55 bits per heavy atom. The highest BCUT2D eigenvalue weighted by Crippen LogP contribution is 2.38. The topological polar surface area (TPSA) is 15.3 Å². The largest absolute Gasteiger partial charge is 0.297 e. The highest BCUT2D eigenvalue weighted by Gasteiger charge is 2.46. The van der Waals surface area contributed by atoms with Crippen LogP contribution in [0.2, 0.25) is 0 Å². The zero-order valence-electron chi connectivity index (χ0n) is 13.8. The van der Waals surface area contributed by atoms with Crippen LogP contribution in [0.4, 0.5) is 0 Å². The second kappa shape index (κ2) is 5.96. The molecule has 0 amide bonds. The molecule has 2 saturated carbocycles. The fourth-order valence-corrected chi connectivity index (χ4v) is 4.85. The van der Waals surface area contributed by atoms with E-state index in [2.05, 4.69) is 31.0 Å². The number of rotatable bonds is 2. The Morgan fingerprint density at radius 3 is 2.25 bits per heavy atom. The Labute approximate surface area is 125 Å². The molecule has 0 aromatic rings. The van der Waals surface area contributed by atoms with Crippen molar-refractivity contribution in [3.63, 3.8) is 0 Å². The molecule has 20 heavy (non-hydrogen) atoms. The molecule has 0 bridgehead atoms. The first-order valence-electron chi connectivity index (χ1n) is 9.07. The minimum absolute atomic E-state index is 0.353. The molecule has 2 heteroatoms. The van der Waals surface area contributed by atoms with Gasteiger partial charge in [0.1, 0.15) is 0 Å². The van der Waals surface area contributed by atoms with E-state index in [4.69, 9.17) is 0 Å². The first-order chi connectivity index (χ1) is 9.55. The summed E-state index contributed by atoms with van der Waals surface area (Å²) in [6, 6.07) is 1.60. The summed E-state index contributed by atoms with van der Waals surface area (Å²) in [6.07, 6.45) is 13.7. The third kappa shape index (κ3) is 3.06. The van der Waals surface area contributed by atoms with Crippen LogP contribution in [0, 0.1) is 11.3 Å².